The van der Waals surface area contributed by atoms with Gasteiger partial charge in [-0.1, -0.05) is 12.1 Å². The van der Waals surface area contributed by atoms with Gasteiger partial charge in [0.1, 0.15) is 0 Å². The van der Waals surface area contributed by atoms with E-state index in [1.54, 1.807) is 0 Å². The lowest BCUT2D eigenvalue weighted by molar-refractivity contribution is -0.138. The number of carbonyl (C=O) groups is 3. The van der Waals surface area contributed by atoms with Gasteiger partial charge in [0, 0.05) is 13.6 Å². The van der Waals surface area contributed by atoms with Gasteiger partial charge in [0.25, 0.3) is 5.91 Å². The number of hydrogen-bond acceptors (Lipinski definition) is 3. The standard InChI is InChI=1S/C17H16F3N3O4/c1-22-11-8-23(7-6-12(24)25)15(26)13(11)14(21-16(22)27)9-2-4-10(5-3-9)17(18,19)20/h2-5,14H,6-8H2,1H3,(H,21,27)(H,24,25). The van der Waals surface area contributed by atoms with Gasteiger partial charge in [0.15, 0.2) is 0 Å². The van der Waals surface area contributed by atoms with Crippen molar-refractivity contribution in [3.63, 3.8) is 0 Å². The molecule has 2 heterocycles. The molecule has 0 saturated heterocycles. The summed E-state index contributed by atoms with van der Waals surface area (Å²) in [4.78, 5) is 38.3. The van der Waals surface area contributed by atoms with Crippen LogP contribution in [0.4, 0.5) is 18.0 Å². The number of aliphatic carboxylic acids is 1. The molecular weight excluding hydrogens is 367 g/mol. The molecule has 0 fully saturated rings. The first kappa shape index (κ1) is 18.7. The van der Waals surface area contributed by atoms with E-state index < -0.39 is 35.7 Å². The van der Waals surface area contributed by atoms with Gasteiger partial charge < -0.3 is 15.3 Å². The molecule has 0 radical (unpaired) electrons. The summed E-state index contributed by atoms with van der Waals surface area (Å²) < 4.78 is 38.3. The van der Waals surface area contributed by atoms with Crippen LogP contribution in [-0.4, -0.2) is 53.0 Å². The summed E-state index contributed by atoms with van der Waals surface area (Å²) in [5.74, 6) is -1.50. The SMILES string of the molecule is CN1C(=O)NC(c2ccc(C(F)(F)F)cc2)C2=C1CN(CCC(=O)O)C2=O. The van der Waals surface area contributed by atoms with Gasteiger partial charge in [-0.25, -0.2) is 4.79 Å². The molecule has 0 bridgehead atoms. The summed E-state index contributed by atoms with van der Waals surface area (Å²) in [6, 6.07) is 2.83. The van der Waals surface area contributed by atoms with Crippen LogP contribution in [0, 0.1) is 0 Å². The number of alkyl halides is 3. The van der Waals surface area contributed by atoms with Crippen LogP contribution in [0.1, 0.15) is 23.6 Å². The zero-order valence-corrected chi connectivity index (χ0v) is 14.2. The van der Waals surface area contributed by atoms with E-state index in [1.165, 1.54) is 29.0 Å². The molecule has 10 heteroatoms. The maximum atomic E-state index is 12.8. The quantitative estimate of drug-likeness (QED) is 0.832. The Morgan fingerprint density at radius 1 is 1.26 bits per heavy atom. The second-order valence-electron chi connectivity index (χ2n) is 6.29. The average molecular weight is 383 g/mol. The molecule has 0 aromatic heterocycles. The summed E-state index contributed by atoms with van der Waals surface area (Å²) in [5, 5.41) is 11.4. The third-order valence-electron chi connectivity index (χ3n) is 4.60. The number of nitrogens with one attached hydrogen (secondary N) is 1. The van der Waals surface area contributed by atoms with Gasteiger partial charge in [0.05, 0.1) is 35.8 Å². The molecule has 0 saturated carbocycles. The summed E-state index contributed by atoms with van der Waals surface area (Å²) >= 11 is 0. The molecule has 3 rings (SSSR count). The van der Waals surface area contributed by atoms with Crippen LogP contribution in [0.25, 0.3) is 0 Å². The highest BCUT2D eigenvalue weighted by atomic mass is 19.4. The molecule has 1 aromatic carbocycles. The fourth-order valence-corrected chi connectivity index (χ4v) is 3.15. The Balaban J connectivity index is 1.93. The van der Waals surface area contributed by atoms with Crippen molar-refractivity contribution in [2.45, 2.75) is 18.6 Å². The van der Waals surface area contributed by atoms with Crippen molar-refractivity contribution in [1.29, 1.82) is 0 Å². The predicted octanol–water partition coefficient (Wildman–Crippen LogP) is 1.97. The zero-order valence-electron chi connectivity index (χ0n) is 14.2. The van der Waals surface area contributed by atoms with Crippen LogP contribution in [0.2, 0.25) is 0 Å². The number of carboxylic acids is 1. The van der Waals surface area contributed by atoms with Crippen molar-refractivity contribution < 1.29 is 32.7 Å². The Morgan fingerprint density at radius 3 is 2.44 bits per heavy atom. The fourth-order valence-electron chi connectivity index (χ4n) is 3.15. The summed E-state index contributed by atoms with van der Waals surface area (Å²) in [5.41, 5.74) is 0.159. The number of likely N-dealkylation sites (N-methyl/N-ethyl adjacent to an activating group) is 1. The molecule has 7 nitrogen and oxygen atoms in total. The number of nitrogens with zero attached hydrogens (tertiary/aromatic N) is 2. The molecule has 2 aliphatic rings. The average Bonchev–Trinajstić information content (AvgIpc) is 2.93. The van der Waals surface area contributed by atoms with E-state index in [9.17, 15) is 27.6 Å². The number of urea groups is 1. The summed E-state index contributed by atoms with van der Waals surface area (Å²) in [6.45, 7) is 0.0471. The molecule has 1 unspecified atom stereocenters. The zero-order chi connectivity index (χ0) is 19.9. The lowest BCUT2D eigenvalue weighted by Crippen LogP contribution is -2.45. The highest BCUT2D eigenvalue weighted by Crippen LogP contribution is 2.37. The van der Waals surface area contributed by atoms with E-state index >= 15 is 0 Å². The Hall–Kier alpha value is -3.04. The number of halogens is 3. The maximum absolute atomic E-state index is 12.8. The first-order valence-corrected chi connectivity index (χ1v) is 8.05. The molecule has 2 aliphatic heterocycles. The highest BCUT2D eigenvalue weighted by molar-refractivity contribution is 6.01. The highest BCUT2D eigenvalue weighted by Gasteiger charge is 2.43. The van der Waals surface area contributed by atoms with E-state index in [0.717, 1.165) is 12.1 Å². The van der Waals surface area contributed by atoms with Gasteiger partial charge in [-0.05, 0) is 17.7 Å². The molecule has 2 N–H and O–H groups in total. The van der Waals surface area contributed by atoms with Crippen molar-refractivity contribution >= 4 is 17.9 Å². The van der Waals surface area contributed by atoms with Gasteiger partial charge in [-0.2, -0.15) is 13.2 Å². The van der Waals surface area contributed by atoms with E-state index in [-0.39, 0.29) is 25.1 Å². The van der Waals surface area contributed by atoms with Crippen LogP contribution in [-0.2, 0) is 15.8 Å². The van der Waals surface area contributed by atoms with Crippen LogP contribution >= 0.6 is 0 Å². The molecular formula is C17H16F3N3O4. The minimum absolute atomic E-state index is 0.0249. The largest absolute Gasteiger partial charge is 0.481 e. The number of carboxylic acid groups (broad SMARTS) is 1. The van der Waals surface area contributed by atoms with Crippen molar-refractivity contribution in [2.75, 3.05) is 20.1 Å². The first-order chi connectivity index (χ1) is 12.6. The number of carbonyl (C=O) groups excluding carboxylic acids is 2. The number of benzene rings is 1. The van der Waals surface area contributed by atoms with E-state index in [1.807, 2.05) is 0 Å². The monoisotopic (exact) mass is 383 g/mol. The molecule has 0 aliphatic carbocycles. The Labute approximate surface area is 152 Å². The second kappa shape index (κ2) is 6.60. The number of hydrogen-bond donors (Lipinski definition) is 2. The fraction of sp³-hybridized carbons (Fsp3) is 0.353. The summed E-state index contributed by atoms with van der Waals surface area (Å²) in [7, 11) is 1.47. The third-order valence-corrected chi connectivity index (χ3v) is 4.60. The van der Waals surface area contributed by atoms with Crippen molar-refractivity contribution in [3.05, 3.63) is 46.7 Å². The minimum atomic E-state index is -4.49. The van der Waals surface area contributed by atoms with Crippen LogP contribution in [0.5, 0.6) is 0 Å². The Bertz CT molecular complexity index is 833. The smallest absolute Gasteiger partial charge is 0.416 e. The van der Waals surface area contributed by atoms with Crippen LogP contribution in [0.15, 0.2) is 35.5 Å². The van der Waals surface area contributed by atoms with Gasteiger partial charge >= 0.3 is 18.2 Å². The van der Waals surface area contributed by atoms with Crippen molar-refractivity contribution in [2.24, 2.45) is 0 Å². The van der Waals surface area contributed by atoms with E-state index in [4.69, 9.17) is 5.11 Å². The number of rotatable bonds is 4. The van der Waals surface area contributed by atoms with Gasteiger partial charge in [-0.15, -0.1) is 0 Å². The Morgan fingerprint density at radius 2 is 1.89 bits per heavy atom. The number of amides is 3. The summed E-state index contributed by atoms with van der Waals surface area (Å²) in [6.07, 6.45) is -4.74. The second-order valence-corrected chi connectivity index (χ2v) is 6.29. The minimum Gasteiger partial charge on any atom is -0.481 e. The lowest BCUT2D eigenvalue weighted by atomic mass is 9.95. The topological polar surface area (TPSA) is 90.0 Å². The molecule has 144 valence electrons. The van der Waals surface area contributed by atoms with Gasteiger partial charge in [-0.3, -0.25) is 14.5 Å². The lowest BCUT2D eigenvalue weighted by Gasteiger charge is -2.31. The third kappa shape index (κ3) is 3.46. The molecule has 27 heavy (non-hydrogen) atoms. The van der Waals surface area contributed by atoms with Crippen molar-refractivity contribution in [3.8, 4) is 0 Å². The van der Waals surface area contributed by atoms with Gasteiger partial charge in [0.2, 0.25) is 0 Å². The van der Waals surface area contributed by atoms with Crippen molar-refractivity contribution in [1.82, 2.24) is 15.1 Å². The maximum Gasteiger partial charge on any atom is 0.416 e. The molecule has 3 amide bonds. The normalized spacial score (nSPS) is 20.1. The predicted molar refractivity (Wildman–Crippen MR) is 86.3 cm³/mol. The van der Waals surface area contributed by atoms with Crippen LogP contribution in [0.3, 0.4) is 0 Å². The van der Waals surface area contributed by atoms with Crippen LogP contribution < -0.4 is 5.32 Å². The first-order valence-electron chi connectivity index (χ1n) is 8.05. The Kier molecular flexibility index (Phi) is 4.58. The van der Waals surface area contributed by atoms with E-state index in [0.29, 0.717) is 11.3 Å². The molecule has 1 aromatic rings. The molecule has 0 spiro atoms. The molecule has 1 atom stereocenters. The van der Waals surface area contributed by atoms with E-state index in [2.05, 4.69) is 5.32 Å².